The van der Waals surface area contributed by atoms with Gasteiger partial charge in [-0.2, -0.15) is 11.8 Å². The van der Waals surface area contributed by atoms with Crippen molar-refractivity contribution >= 4 is 40.6 Å². The summed E-state index contributed by atoms with van der Waals surface area (Å²) in [6.07, 6.45) is 1.14. The minimum absolute atomic E-state index is 0.0269. The van der Waals surface area contributed by atoms with Gasteiger partial charge in [0, 0.05) is 17.3 Å². The van der Waals surface area contributed by atoms with Crippen LogP contribution in [0.25, 0.3) is 0 Å². The Bertz CT molecular complexity index is 448. The predicted octanol–water partition coefficient (Wildman–Crippen LogP) is 2.30. The molecule has 0 unspecified atom stereocenters. The fourth-order valence-corrected chi connectivity index (χ4v) is 3.10. The van der Waals surface area contributed by atoms with Crippen LogP contribution in [0.3, 0.4) is 0 Å². The maximum Gasteiger partial charge on any atom is 0.238 e. The summed E-state index contributed by atoms with van der Waals surface area (Å²) in [6.45, 7) is 2.37. The van der Waals surface area contributed by atoms with E-state index in [1.165, 1.54) is 5.75 Å². The minimum Gasteiger partial charge on any atom is -0.397 e. The molecule has 1 amide bonds. The summed E-state index contributed by atoms with van der Waals surface area (Å²) in [5.41, 5.74) is 6.93. The molecule has 0 atom stereocenters. The number of rotatable bonds is 3. The fraction of sp³-hybridized carbons (Fsp3) is 0.462. The second kappa shape index (κ2) is 7.03. The molecule has 0 saturated carbocycles. The predicted molar refractivity (Wildman–Crippen MR) is 82.9 cm³/mol. The molecule has 0 spiro atoms. The van der Waals surface area contributed by atoms with E-state index in [9.17, 15) is 4.79 Å². The maximum absolute atomic E-state index is 12.0. The summed E-state index contributed by atoms with van der Waals surface area (Å²) < 4.78 is 0. The highest BCUT2D eigenvalue weighted by molar-refractivity contribution is 7.99. The molecule has 1 fully saturated rings. The van der Waals surface area contributed by atoms with E-state index >= 15 is 0 Å². The Morgan fingerprint density at radius 2 is 2.26 bits per heavy atom. The van der Waals surface area contributed by atoms with Crippen LogP contribution in [0.2, 0.25) is 5.02 Å². The summed E-state index contributed by atoms with van der Waals surface area (Å²) in [5.74, 6) is 2.25. The van der Waals surface area contributed by atoms with E-state index in [4.69, 9.17) is 17.3 Å². The number of benzene rings is 1. The third-order valence-corrected chi connectivity index (χ3v) is 4.25. The number of nitrogen functional groups attached to an aromatic ring is 1. The Balaban J connectivity index is 1.89. The quantitative estimate of drug-likeness (QED) is 0.841. The molecule has 1 saturated heterocycles. The molecule has 0 aliphatic carbocycles. The first-order chi connectivity index (χ1) is 9.15. The molecule has 1 aromatic rings. The third-order valence-electron chi connectivity index (χ3n) is 2.97. The largest absolute Gasteiger partial charge is 0.397 e. The molecule has 1 aromatic carbocycles. The Morgan fingerprint density at radius 3 is 3.05 bits per heavy atom. The summed E-state index contributed by atoms with van der Waals surface area (Å²) >= 11 is 7.77. The van der Waals surface area contributed by atoms with Gasteiger partial charge in [0.1, 0.15) is 0 Å². The normalized spacial score (nSPS) is 16.9. The lowest BCUT2D eigenvalue weighted by molar-refractivity contribution is -0.117. The van der Waals surface area contributed by atoms with Gasteiger partial charge in [0.05, 0.1) is 17.9 Å². The minimum atomic E-state index is -0.0269. The lowest BCUT2D eigenvalue weighted by atomic mass is 10.2. The van der Waals surface area contributed by atoms with Crippen molar-refractivity contribution in [1.29, 1.82) is 0 Å². The molecule has 0 aromatic heterocycles. The van der Waals surface area contributed by atoms with Gasteiger partial charge in [-0.05, 0) is 36.9 Å². The van der Waals surface area contributed by atoms with Gasteiger partial charge in [-0.1, -0.05) is 11.6 Å². The lowest BCUT2D eigenvalue weighted by Gasteiger charge is -2.19. The first-order valence-corrected chi connectivity index (χ1v) is 7.83. The highest BCUT2D eigenvalue weighted by Crippen LogP contribution is 2.22. The molecule has 4 nitrogen and oxygen atoms in total. The Morgan fingerprint density at radius 1 is 1.42 bits per heavy atom. The van der Waals surface area contributed by atoms with Gasteiger partial charge in [-0.25, -0.2) is 0 Å². The topological polar surface area (TPSA) is 58.4 Å². The molecule has 1 aliphatic rings. The van der Waals surface area contributed by atoms with Crippen LogP contribution in [0, 0.1) is 0 Å². The van der Waals surface area contributed by atoms with Gasteiger partial charge in [-0.3, -0.25) is 9.69 Å². The first-order valence-electron chi connectivity index (χ1n) is 6.30. The Kier molecular flexibility index (Phi) is 5.36. The fourth-order valence-electron chi connectivity index (χ4n) is 2.00. The molecule has 0 radical (unpaired) electrons. The number of nitrogens with two attached hydrogens (primary N) is 1. The van der Waals surface area contributed by atoms with Gasteiger partial charge in [0.25, 0.3) is 0 Å². The molecule has 0 bridgehead atoms. The monoisotopic (exact) mass is 299 g/mol. The highest BCUT2D eigenvalue weighted by Gasteiger charge is 2.13. The van der Waals surface area contributed by atoms with Crippen molar-refractivity contribution in [3.05, 3.63) is 23.2 Å². The molecular weight excluding hydrogens is 282 g/mol. The molecule has 1 heterocycles. The van der Waals surface area contributed by atoms with E-state index < -0.39 is 0 Å². The molecule has 19 heavy (non-hydrogen) atoms. The van der Waals surface area contributed by atoms with Crippen molar-refractivity contribution in [2.24, 2.45) is 0 Å². The van der Waals surface area contributed by atoms with E-state index in [1.54, 1.807) is 18.2 Å². The van der Waals surface area contributed by atoms with E-state index in [1.807, 2.05) is 11.8 Å². The maximum atomic E-state index is 12.0. The number of nitrogens with zero attached hydrogens (tertiary/aromatic N) is 1. The summed E-state index contributed by atoms with van der Waals surface area (Å²) in [5, 5.41) is 3.40. The van der Waals surface area contributed by atoms with Crippen LogP contribution in [0.4, 0.5) is 11.4 Å². The number of nitrogens with one attached hydrogen (secondary N) is 1. The lowest BCUT2D eigenvalue weighted by Crippen LogP contribution is -2.34. The smallest absolute Gasteiger partial charge is 0.238 e. The van der Waals surface area contributed by atoms with E-state index in [2.05, 4.69) is 10.2 Å². The first kappa shape index (κ1) is 14.5. The number of anilines is 2. The van der Waals surface area contributed by atoms with Crippen LogP contribution >= 0.6 is 23.4 Å². The zero-order valence-corrected chi connectivity index (χ0v) is 12.3. The average molecular weight is 300 g/mol. The number of halogens is 1. The second-order valence-electron chi connectivity index (χ2n) is 4.52. The summed E-state index contributed by atoms with van der Waals surface area (Å²) in [4.78, 5) is 14.2. The number of hydrogen-bond acceptors (Lipinski definition) is 4. The third kappa shape index (κ3) is 4.60. The van der Waals surface area contributed by atoms with Crippen LogP contribution < -0.4 is 11.1 Å². The van der Waals surface area contributed by atoms with E-state index in [0.717, 1.165) is 25.3 Å². The molecule has 104 valence electrons. The van der Waals surface area contributed by atoms with E-state index in [-0.39, 0.29) is 5.91 Å². The zero-order valence-electron chi connectivity index (χ0n) is 10.7. The van der Waals surface area contributed by atoms with Gasteiger partial charge in [0.15, 0.2) is 0 Å². The Labute approximate surface area is 122 Å². The number of hydrogen-bond donors (Lipinski definition) is 2. The van der Waals surface area contributed by atoms with Crippen LogP contribution in [0.5, 0.6) is 0 Å². The molecule has 6 heteroatoms. The number of thioether (sulfide) groups is 1. The molecular formula is C13H18ClN3OS. The van der Waals surface area contributed by atoms with Crippen molar-refractivity contribution < 1.29 is 4.79 Å². The molecule has 2 rings (SSSR count). The number of carbonyl (C=O) groups excluding carboxylic acids is 1. The van der Waals surface area contributed by atoms with Gasteiger partial charge in [-0.15, -0.1) is 0 Å². The van der Waals surface area contributed by atoms with Crippen LogP contribution in [-0.2, 0) is 4.79 Å². The Hall–Kier alpha value is -0.910. The molecule has 1 aliphatic heterocycles. The van der Waals surface area contributed by atoms with Crippen LogP contribution in [0.1, 0.15) is 6.42 Å². The van der Waals surface area contributed by atoms with Crippen molar-refractivity contribution in [2.45, 2.75) is 6.42 Å². The zero-order chi connectivity index (χ0) is 13.7. The van der Waals surface area contributed by atoms with E-state index in [0.29, 0.717) is 22.9 Å². The van der Waals surface area contributed by atoms with Crippen LogP contribution in [0.15, 0.2) is 18.2 Å². The van der Waals surface area contributed by atoms with Crippen molar-refractivity contribution in [2.75, 3.05) is 42.2 Å². The SMILES string of the molecule is Nc1cc(Cl)ccc1NC(=O)CN1CCCSCC1. The molecule has 3 N–H and O–H groups in total. The highest BCUT2D eigenvalue weighted by atomic mass is 35.5. The standard InChI is InChI=1S/C13H18ClN3OS/c14-10-2-3-12(11(15)8-10)16-13(18)9-17-4-1-6-19-7-5-17/h2-3,8H,1,4-7,9,15H2,(H,16,18). The second-order valence-corrected chi connectivity index (χ2v) is 6.18. The van der Waals surface area contributed by atoms with Gasteiger partial charge >= 0.3 is 0 Å². The van der Waals surface area contributed by atoms with Crippen molar-refractivity contribution in [1.82, 2.24) is 4.90 Å². The van der Waals surface area contributed by atoms with Gasteiger partial charge < -0.3 is 11.1 Å². The number of carbonyl (C=O) groups is 1. The number of amides is 1. The van der Waals surface area contributed by atoms with Crippen molar-refractivity contribution in [3.8, 4) is 0 Å². The summed E-state index contributed by atoms with van der Waals surface area (Å²) in [7, 11) is 0. The average Bonchev–Trinajstić information content (AvgIpc) is 2.61. The van der Waals surface area contributed by atoms with Gasteiger partial charge in [0.2, 0.25) is 5.91 Å². The summed E-state index contributed by atoms with van der Waals surface area (Å²) in [6, 6.07) is 5.09. The van der Waals surface area contributed by atoms with Crippen LogP contribution in [-0.4, -0.2) is 41.9 Å². The van der Waals surface area contributed by atoms with Crippen molar-refractivity contribution in [3.63, 3.8) is 0 Å².